The highest BCUT2D eigenvalue weighted by Gasteiger charge is 2.32. The fourth-order valence-electron chi connectivity index (χ4n) is 3.65. The minimum atomic E-state index is 0.678. The summed E-state index contributed by atoms with van der Waals surface area (Å²) in [7, 11) is 2.12. The van der Waals surface area contributed by atoms with Crippen molar-refractivity contribution in [3.8, 4) is 0 Å². The van der Waals surface area contributed by atoms with Gasteiger partial charge in [-0.2, -0.15) is 0 Å². The summed E-state index contributed by atoms with van der Waals surface area (Å²) in [6.07, 6.45) is 19.0. The highest BCUT2D eigenvalue weighted by Crippen LogP contribution is 2.41. The second kappa shape index (κ2) is 9.83. The second-order valence-electron chi connectivity index (χ2n) is 6.46. The van der Waals surface area contributed by atoms with Gasteiger partial charge in [-0.1, -0.05) is 71.1 Å². The molecule has 1 nitrogen and oxygen atoms in total. The Morgan fingerprint density at radius 3 is 1.94 bits per heavy atom. The van der Waals surface area contributed by atoms with Crippen molar-refractivity contribution >= 4 is 0 Å². The molecule has 0 amide bonds. The molecule has 108 valence electrons. The lowest BCUT2D eigenvalue weighted by atomic mass is 9.81. The standard InChI is InChI=1S/C17H35N/c1-3-4-5-6-7-8-9-10-13-17(16-18-2)14-11-12-15-17/h18H,3-16H2,1-2H3. The van der Waals surface area contributed by atoms with Crippen molar-refractivity contribution in [3.05, 3.63) is 0 Å². The van der Waals surface area contributed by atoms with Crippen LogP contribution in [0.15, 0.2) is 0 Å². The van der Waals surface area contributed by atoms with E-state index in [9.17, 15) is 0 Å². The molecule has 0 aliphatic heterocycles. The van der Waals surface area contributed by atoms with E-state index in [4.69, 9.17) is 0 Å². The van der Waals surface area contributed by atoms with Gasteiger partial charge >= 0.3 is 0 Å². The number of unbranched alkanes of at least 4 members (excludes halogenated alkanes) is 7. The van der Waals surface area contributed by atoms with Gasteiger partial charge in [-0.3, -0.25) is 0 Å². The summed E-state index contributed by atoms with van der Waals surface area (Å²) in [5, 5.41) is 3.43. The van der Waals surface area contributed by atoms with Gasteiger partial charge in [0.05, 0.1) is 0 Å². The van der Waals surface area contributed by atoms with Gasteiger partial charge in [-0.15, -0.1) is 0 Å². The van der Waals surface area contributed by atoms with Gasteiger partial charge in [-0.25, -0.2) is 0 Å². The fraction of sp³-hybridized carbons (Fsp3) is 1.00. The van der Waals surface area contributed by atoms with E-state index in [2.05, 4.69) is 19.3 Å². The van der Waals surface area contributed by atoms with Crippen LogP contribution in [0.1, 0.15) is 90.4 Å². The molecular weight excluding hydrogens is 218 g/mol. The van der Waals surface area contributed by atoms with Gasteiger partial charge in [0.1, 0.15) is 0 Å². The van der Waals surface area contributed by atoms with Crippen LogP contribution in [0.25, 0.3) is 0 Å². The van der Waals surface area contributed by atoms with Crippen molar-refractivity contribution in [2.24, 2.45) is 5.41 Å². The molecule has 0 heterocycles. The molecule has 0 aromatic carbocycles. The zero-order chi connectivity index (χ0) is 13.1. The smallest absolute Gasteiger partial charge is 0.000480 e. The van der Waals surface area contributed by atoms with Crippen LogP contribution in [0.4, 0.5) is 0 Å². The number of nitrogens with one attached hydrogen (secondary N) is 1. The highest BCUT2D eigenvalue weighted by molar-refractivity contribution is 4.86. The van der Waals surface area contributed by atoms with Gasteiger partial charge in [0.15, 0.2) is 0 Å². The van der Waals surface area contributed by atoms with Crippen LogP contribution in [0.2, 0.25) is 0 Å². The summed E-state index contributed by atoms with van der Waals surface area (Å²) in [4.78, 5) is 0. The number of hydrogen-bond acceptors (Lipinski definition) is 1. The summed E-state index contributed by atoms with van der Waals surface area (Å²) < 4.78 is 0. The SMILES string of the molecule is CCCCCCCCCCC1(CNC)CCCC1. The first-order valence-corrected chi connectivity index (χ1v) is 8.47. The molecule has 1 aliphatic carbocycles. The Bertz CT molecular complexity index is 182. The molecule has 0 radical (unpaired) electrons. The maximum absolute atomic E-state index is 3.43. The summed E-state index contributed by atoms with van der Waals surface area (Å²) in [6, 6.07) is 0. The number of rotatable bonds is 11. The Hall–Kier alpha value is -0.0400. The Morgan fingerprint density at radius 2 is 1.39 bits per heavy atom. The third-order valence-corrected chi connectivity index (χ3v) is 4.78. The molecular formula is C17H35N. The molecule has 1 heteroatoms. The minimum Gasteiger partial charge on any atom is -0.319 e. The quantitative estimate of drug-likeness (QED) is 0.493. The molecule has 1 N–H and O–H groups in total. The van der Waals surface area contributed by atoms with Gasteiger partial charge in [0.2, 0.25) is 0 Å². The average Bonchev–Trinajstić information content (AvgIpc) is 2.82. The Morgan fingerprint density at radius 1 is 0.833 bits per heavy atom. The van der Waals surface area contributed by atoms with E-state index in [1.54, 1.807) is 0 Å². The molecule has 0 aromatic heterocycles. The normalized spacial score (nSPS) is 18.3. The fourth-order valence-corrected chi connectivity index (χ4v) is 3.65. The summed E-state index contributed by atoms with van der Waals surface area (Å²) >= 11 is 0. The lowest BCUT2D eigenvalue weighted by Gasteiger charge is -2.28. The molecule has 0 bridgehead atoms. The monoisotopic (exact) mass is 253 g/mol. The molecule has 0 spiro atoms. The van der Waals surface area contributed by atoms with Crippen LogP contribution < -0.4 is 5.32 Å². The second-order valence-corrected chi connectivity index (χ2v) is 6.46. The summed E-state index contributed by atoms with van der Waals surface area (Å²) in [6.45, 7) is 3.55. The molecule has 18 heavy (non-hydrogen) atoms. The van der Waals surface area contributed by atoms with Gasteiger partial charge in [0, 0.05) is 6.54 Å². The molecule has 0 unspecified atom stereocenters. The van der Waals surface area contributed by atoms with Crippen molar-refractivity contribution in [2.45, 2.75) is 90.4 Å². The first-order valence-electron chi connectivity index (χ1n) is 8.47. The van der Waals surface area contributed by atoms with E-state index in [1.807, 2.05) is 0 Å². The van der Waals surface area contributed by atoms with E-state index in [1.165, 1.54) is 90.0 Å². The van der Waals surface area contributed by atoms with E-state index in [-0.39, 0.29) is 0 Å². The van der Waals surface area contributed by atoms with Crippen LogP contribution in [-0.2, 0) is 0 Å². The van der Waals surface area contributed by atoms with Crippen molar-refractivity contribution in [2.75, 3.05) is 13.6 Å². The minimum absolute atomic E-state index is 0.678. The van der Waals surface area contributed by atoms with Crippen LogP contribution >= 0.6 is 0 Å². The van der Waals surface area contributed by atoms with E-state index < -0.39 is 0 Å². The van der Waals surface area contributed by atoms with Crippen molar-refractivity contribution in [1.29, 1.82) is 0 Å². The molecule has 0 aromatic rings. The van der Waals surface area contributed by atoms with Crippen molar-refractivity contribution in [3.63, 3.8) is 0 Å². The maximum Gasteiger partial charge on any atom is 0.000480 e. The Kier molecular flexibility index (Phi) is 8.75. The van der Waals surface area contributed by atoms with Gasteiger partial charge in [-0.05, 0) is 31.7 Å². The molecule has 1 saturated carbocycles. The lowest BCUT2D eigenvalue weighted by molar-refractivity contribution is 0.253. The molecule has 1 fully saturated rings. The predicted octanol–water partition coefficient (Wildman–Crippen LogP) is 5.30. The zero-order valence-corrected chi connectivity index (χ0v) is 12.9. The van der Waals surface area contributed by atoms with E-state index >= 15 is 0 Å². The van der Waals surface area contributed by atoms with Crippen LogP contribution in [-0.4, -0.2) is 13.6 Å². The first-order chi connectivity index (χ1) is 8.83. The molecule has 0 saturated heterocycles. The first kappa shape index (κ1) is 16.0. The molecule has 1 rings (SSSR count). The topological polar surface area (TPSA) is 12.0 Å². The Labute approximate surface area is 115 Å². The Balaban J connectivity index is 1.98. The predicted molar refractivity (Wildman–Crippen MR) is 82.1 cm³/mol. The van der Waals surface area contributed by atoms with Crippen LogP contribution in [0.3, 0.4) is 0 Å². The average molecular weight is 253 g/mol. The summed E-state index contributed by atoms with van der Waals surface area (Å²) in [5.41, 5.74) is 0.678. The summed E-state index contributed by atoms with van der Waals surface area (Å²) in [5.74, 6) is 0. The van der Waals surface area contributed by atoms with Crippen LogP contribution in [0.5, 0.6) is 0 Å². The van der Waals surface area contributed by atoms with Gasteiger partial charge in [0.25, 0.3) is 0 Å². The van der Waals surface area contributed by atoms with Crippen molar-refractivity contribution in [1.82, 2.24) is 5.32 Å². The van der Waals surface area contributed by atoms with E-state index in [0.717, 1.165) is 0 Å². The number of hydrogen-bond donors (Lipinski definition) is 1. The highest BCUT2D eigenvalue weighted by atomic mass is 14.8. The van der Waals surface area contributed by atoms with Crippen molar-refractivity contribution < 1.29 is 0 Å². The molecule has 1 aliphatic rings. The zero-order valence-electron chi connectivity index (χ0n) is 12.9. The van der Waals surface area contributed by atoms with Gasteiger partial charge < -0.3 is 5.32 Å². The third kappa shape index (κ3) is 6.22. The third-order valence-electron chi connectivity index (χ3n) is 4.78. The lowest BCUT2D eigenvalue weighted by Crippen LogP contribution is -2.29. The van der Waals surface area contributed by atoms with E-state index in [0.29, 0.717) is 5.41 Å². The van der Waals surface area contributed by atoms with Crippen LogP contribution in [0, 0.1) is 5.41 Å². The largest absolute Gasteiger partial charge is 0.319 e. The molecule has 0 atom stereocenters. The maximum atomic E-state index is 3.43.